The van der Waals surface area contributed by atoms with Crippen molar-refractivity contribution in [3.8, 4) is 0 Å². The molecule has 0 spiro atoms. The normalized spacial score (nSPS) is 10.4. The van der Waals surface area contributed by atoms with Crippen LogP contribution in [0.5, 0.6) is 0 Å². The summed E-state index contributed by atoms with van der Waals surface area (Å²) in [5.74, 6) is -2.85. The topological polar surface area (TPSA) is 100 Å². The summed E-state index contributed by atoms with van der Waals surface area (Å²) in [6.45, 7) is 0.435. The number of anilines is 1. The van der Waals surface area contributed by atoms with Crippen molar-refractivity contribution in [3.63, 3.8) is 0 Å². The van der Waals surface area contributed by atoms with Gasteiger partial charge in [-0.2, -0.15) is 0 Å². The van der Waals surface area contributed by atoms with Crippen LogP contribution >= 0.6 is 0 Å². The van der Waals surface area contributed by atoms with Crippen molar-refractivity contribution in [1.29, 1.82) is 0 Å². The second kappa shape index (κ2) is 11.5. The molecule has 2 aromatic carbocycles. The highest BCUT2D eigenvalue weighted by atomic mass is 19.1. The lowest BCUT2D eigenvalue weighted by molar-refractivity contribution is -0.121. The van der Waals surface area contributed by atoms with Gasteiger partial charge in [-0.1, -0.05) is 12.1 Å². The number of benzene rings is 2. The lowest BCUT2D eigenvalue weighted by Crippen LogP contribution is -2.28. The van der Waals surface area contributed by atoms with Crippen LogP contribution in [0.2, 0.25) is 0 Å². The second-order valence-electron chi connectivity index (χ2n) is 7.15. The molecule has 0 atom stereocenters. The van der Waals surface area contributed by atoms with Gasteiger partial charge in [-0.25, -0.2) is 8.78 Å². The van der Waals surface area contributed by atoms with Crippen LogP contribution in [0.25, 0.3) is 0 Å². The van der Waals surface area contributed by atoms with E-state index in [4.69, 9.17) is 0 Å². The Kier molecular flexibility index (Phi) is 8.18. The summed E-state index contributed by atoms with van der Waals surface area (Å²) >= 11 is 0. The largest absolute Gasteiger partial charge is 0.352 e. The minimum atomic E-state index is -0.940. The second-order valence-corrected chi connectivity index (χ2v) is 7.15. The van der Waals surface area contributed by atoms with E-state index in [9.17, 15) is 23.2 Å². The van der Waals surface area contributed by atoms with Crippen LogP contribution < -0.4 is 16.0 Å². The molecule has 1 aromatic heterocycles. The van der Waals surface area contributed by atoms with E-state index in [-0.39, 0.29) is 36.9 Å². The lowest BCUT2D eigenvalue weighted by atomic mass is 10.1. The Hall–Kier alpha value is -4.14. The summed E-state index contributed by atoms with van der Waals surface area (Å²) in [4.78, 5) is 40.1. The molecule has 0 aliphatic rings. The molecule has 0 aliphatic carbocycles. The number of nitrogens with zero attached hydrogens (tertiary/aromatic N) is 1. The van der Waals surface area contributed by atoms with Crippen molar-refractivity contribution in [2.45, 2.75) is 19.4 Å². The summed E-state index contributed by atoms with van der Waals surface area (Å²) < 4.78 is 26.5. The van der Waals surface area contributed by atoms with E-state index in [1.54, 1.807) is 30.3 Å². The molecule has 0 aliphatic heterocycles. The molecule has 7 nitrogen and oxygen atoms in total. The minimum Gasteiger partial charge on any atom is -0.352 e. The van der Waals surface area contributed by atoms with Gasteiger partial charge in [-0.3, -0.25) is 19.4 Å². The zero-order valence-electron chi connectivity index (χ0n) is 17.6. The van der Waals surface area contributed by atoms with Gasteiger partial charge in [0.1, 0.15) is 11.6 Å². The van der Waals surface area contributed by atoms with Crippen LogP contribution in [-0.2, 0) is 11.3 Å². The van der Waals surface area contributed by atoms with Gasteiger partial charge in [0.05, 0.1) is 5.56 Å². The molecule has 170 valence electrons. The van der Waals surface area contributed by atoms with E-state index < -0.39 is 17.5 Å². The van der Waals surface area contributed by atoms with Gasteiger partial charge in [0.15, 0.2) is 0 Å². The number of amides is 3. The van der Waals surface area contributed by atoms with E-state index in [2.05, 4.69) is 20.9 Å². The van der Waals surface area contributed by atoms with Crippen molar-refractivity contribution in [2.75, 3.05) is 11.9 Å². The average molecular weight is 452 g/mol. The first kappa shape index (κ1) is 23.5. The predicted octanol–water partition coefficient (Wildman–Crippen LogP) is 3.44. The van der Waals surface area contributed by atoms with Crippen molar-refractivity contribution in [2.24, 2.45) is 0 Å². The fourth-order valence-electron chi connectivity index (χ4n) is 2.97. The molecule has 3 rings (SSSR count). The van der Waals surface area contributed by atoms with Crippen LogP contribution in [0.4, 0.5) is 14.5 Å². The molecule has 0 radical (unpaired) electrons. The van der Waals surface area contributed by atoms with Gasteiger partial charge < -0.3 is 16.0 Å². The molecule has 0 saturated carbocycles. The molecule has 1 heterocycles. The highest BCUT2D eigenvalue weighted by Gasteiger charge is 2.12. The maximum absolute atomic E-state index is 13.6. The maximum atomic E-state index is 13.6. The van der Waals surface area contributed by atoms with E-state index >= 15 is 0 Å². The Morgan fingerprint density at radius 2 is 1.67 bits per heavy atom. The molecule has 0 bridgehead atoms. The van der Waals surface area contributed by atoms with Crippen LogP contribution in [0, 0.1) is 11.6 Å². The van der Waals surface area contributed by atoms with Crippen molar-refractivity contribution >= 4 is 23.4 Å². The van der Waals surface area contributed by atoms with Crippen LogP contribution in [0.1, 0.15) is 39.1 Å². The average Bonchev–Trinajstić information content (AvgIpc) is 2.81. The Balaban J connectivity index is 1.39. The summed E-state index contributed by atoms with van der Waals surface area (Å²) in [6.07, 6.45) is 3.58. The first-order valence-corrected chi connectivity index (χ1v) is 10.2. The number of halogens is 2. The van der Waals surface area contributed by atoms with Gasteiger partial charge in [0.2, 0.25) is 5.91 Å². The number of carbonyl (C=O) groups excluding carboxylic acids is 3. The maximum Gasteiger partial charge on any atom is 0.255 e. The zero-order valence-corrected chi connectivity index (χ0v) is 17.6. The fourth-order valence-corrected chi connectivity index (χ4v) is 2.97. The Morgan fingerprint density at radius 1 is 0.879 bits per heavy atom. The van der Waals surface area contributed by atoms with Crippen LogP contribution in [0.3, 0.4) is 0 Å². The number of pyridine rings is 1. The first-order valence-electron chi connectivity index (χ1n) is 10.2. The van der Waals surface area contributed by atoms with Gasteiger partial charge in [-0.05, 0) is 48.4 Å². The molecule has 3 amide bonds. The van der Waals surface area contributed by atoms with Crippen molar-refractivity contribution < 1.29 is 23.2 Å². The molecule has 0 saturated heterocycles. The van der Waals surface area contributed by atoms with Crippen molar-refractivity contribution in [1.82, 2.24) is 15.6 Å². The Bertz CT molecular complexity index is 1140. The number of nitrogens with one attached hydrogen (secondary N) is 3. The Morgan fingerprint density at radius 3 is 2.42 bits per heavy atom. The van der Waals surface area contributed by atoms with Gasteiger partial charge in [0.25, 0.3) is 11.8 Å². The molecular weight excluding hydrogens is 430 g/mol. The molecule has 0 unspecified atom stereocenters. The SMILES string of the molecule is O=C(CCCNC(=O)c1ccc(F)cc1F)NCc1cccc(NC(=O)c2ccncc2)c1. The number of aromatic nitrogens is 1. The third-order valence-electron chi connectivity index (χ3n) is 4.66. The van der Waals surface area contributed by atoms with E-state index in [0.717, 1.165) is 17.7 Å². The zero-order chi connectivity index (χ0) is 23.6. The highest BCUT2D eigenvalue weighted by Crippen LogP contribution is 2.13. The van der Waals surface area contributed by atoms with Gasteiger partial charge in [0, 0.05) is 49.2 Å². The molecule has 3 aromatic rings. The van der Waals surface area contributed by atoms with Crippen LogP contribution in [0.15, 0.2) is 67.0 Å². The van der Waals surface area contributed by atoms with Crippen LogP contribution in [-0.4, -0.2) is 29.3 Å². The van der Waals surface area contributed by atoms with E-state index in [1.165, 1.54) is 12.4 Å². The molecular formula is C24H22F2N4O3. The quantitative estimate of drug-likeness (QED) is 0.433. The highest BCUT2D eigenvalue weighted by molar-refractivity contribution is 6.04. The minimum absolute atomic E-state index is 0.157. The molecule has 0 fully saturated rings. The Labute approximate surface area is 189 Å². The number of carbonyl (C=O) groups is 3. The third-order valence-corrected chi connectivity index (χ3v) is 4.66. The fraction of sp³-hybridized carbons (Fsp3) is 0.167. The smallest absolute Gasteiger partial charge is 0.255 e. The first-order chi connectivity index (χ1) is 15.9. The van der Waals surface area contributed by atoms with Gasteiger partial charge >= 0.3 is 0 Å². The summed E-state index contributed by atoms with van der Waals surface area (Å²) in [5.41, 5.74) is 1.63. The van der Waals surface area contributed by atoms with E-state index in [0.29, 0.717) is 23.7 Å². The number of hydrogen-bond acceptors (Lipinski definition) is 4. The lowest BCUT2D eigenvalue weighted by Gasteiger charge is -2.09. The van der Waals surface area contributed by atoms with Crippen molar-refractivity contribution in [3.05, 3.63) is 95.3 Å². The van der Waals surface area contributed by atoms with Gasteiger partial charge in [-0.15, -0.1) is 0 Å². The summed E-state index contributed by atoms with van der Waals surface area (Å²) in [5, 5.41) is 8.07. The number of rotatable bonds is 9. The molecule has 9 heteroatoms. The monoisotopic (exact) mass is 452 g/mol. The standard InChI is InChI=1S/C24H22F2N4O3/c25-18-6-7-20(21(26)14-18)24(33)28-10-2-5-22(31)29-15-16-3-1-4-19(13-16)30-23(32)17-8-11-27-12-9-17/h1,3-4,6-9,11-14H,2,5,10,15H2,(H,28,33)(H,29,31)(H,30,32). The summed E-state index contributed by atoms with van der Waals surface area (Å²) in [6, 6.07) is 13.0. The molecule has 3 N–H and O–H groups in total. The summed E-state index contributed by atoms with van der Waals surface area (Å²) in [7, 11) is 0. The number of hydrogen-bond donors (Lipinski definition) is 3. The molecule has 33 heavy (non-hydrogen) atoms. The van der Waals surface area contributed by atoms with E-state index in [1.807, 2.05) is 6.07 Å². The predicted molar refractivity (Wildman–Crippen MR) is 118 cm³/mol. The third kappa shape index (κ3) is 7.20.